The summed E-state index contributed by atoms with van der Waals surface area (Å²) in [7, 11) is 0. The lowest BCUT2D eigenvalue weighted by molar-refractivity contribution is -0.152. The van der Waals surface area contributed by atoms with Crippen LogP contribution in [-0.2, 0) is 27.1 Å². The summed E-state index contributed by atoms with van der Waals surface area (Å²) >= 11 is 0. The van der Waals surface area contributed by atoms with Crippen molar-refractivity contribution in [2.45, 2.75) is 43.9 Å². The lowest BCUT2D eigenvalue weighted by Crippen LogP contribution is -2.69. The van der Waals surface area contributed by atoms with Gasteiger partial charge in [-0.15, -0.1) is 6.42 Å². The Labute approximate surface area is 217 Å². The number of terminal acetylenes is 1. The Balaban J connectivity index is 1.49. The van der Waals surface area contributed by atoms with Crippen molar-refractivity contribution in [2.24, 2.45) is 5.92 Å². The maximum Gasteiger partial charge on any atom is 0.416 e. The van der Waals surface area contributed by atoms with E-state index >= 15 is 0 Å². The van der Waals surface area contributed by atoms with Crippen LogP contribution in [0.3, 0.4) is 0 Å². The van der Waals surface area contributed by atoms with Crippen LogP contribution >= 0.6 is 0 Å². The summed E-state index contributed by atoms with van der Waals surface area (Å²) < 4.78 is 54.1. The van der Waals surface area contributed by atoms with Gasteiger partial charge in [-0.2, -0.15) is 13.2 Å². The van der Waals surface area contributed by atoms with Crippen molar-refractivity contribution in [3.05, 3.63) is 65.0 Å². The number of alkyl halides is 3. The fourth-order valence-electron chi connectivity index (χ4n) is 5.42. The maximum atomic E-state index is 15.0. The second-order valence-electron chi connectivity index (χ2n) is 10.0. The Kier molecular flexibility index (Phi) is 6.41. The molecule has 0 radical (unpaired) electrons. The molecule has 10 heteroatoms. The number of piperazine rings is 1. The first kappa shape index (κ1) is 25.8. The minimum atomic E-state index is -4.51. The third kappa shape index (κ3) is 4.40. The first-order chi connectivity index (χ1) is 18.0. The van der Waals surface area contributed by atoms with E-state index in [4.69, 9.17) is 6.42 Å². The van der Waals surface area contributed by atoms with E-state index in [-0.39, 0.29) is 49.1 Å². The summed E-state index contributed by atoms with van der Waals surface area (Å²) in [6, 6.07) is 8.31. The largest absolute Gasteiger partial charge is 0.416 e. The number of hydrogen-bond donors (Lipinski definition) is 0. The average molecular weight is 528 g/mol. The molecule has 1 saturated carbocycles. The summed E-state index contributed by atoms with van der Waals surface area (Å²) in [6.45, 7) is -0.400. The van der Waals surface area contributed by atoms with Crippen LogP contribution in [0, 0.1) is 24.1 Å². The number of carbonyl (C=O) groups excluding carboxylic acids is 3. The van der Waals surface area contributed by atoms with E-state index in [0.717, 1.165) is 42.4 Å². The molecule has 3 fully saturated rings. The van der Waals surface area contributed by atoms with Gasteiger partial charge in [-0.1, -0.05) is 24.5 Å². The summed E-state index contributed by atoms with van der Waals surface area (Å²) in [5, 5.41) is 0. The van der Waals surface area contributed by atoms with E-state index in [1.54, 1.807) is 4.90 Å². The molecule has 1 atom stereocenters. The molecule has 198 valence electrons. The van der Waals surface area contributed by atoms with E-state index < -0.39 is 41.5 Å². The highest BCUT2D eigenvalue weighted by Crippen LogP contribution is 2.39. The topological polar surface area (TPSA) is 60.9 Å². The van der Waals surface area contributed by atoms with Crippen molar-refractivity contribution in [3.63, 3.8) is 0 Å². The van der Waals surface area contributed by atoms with Gasteiger partial charge in [0, 0.05) is 24.6 Å². The number of likely N-dealkylation sites (tertiary alicyclic amines) is 1. The number of anilines is 1. The predicted octanol–water partition coefficient (Wildman–Crippen LogP) is 3.97. The first-order valence-corrected chi connectivity index (χ1v) is 12.4. The molecule has 2 aromatic carbocycles. The second kappa shape index (κ2) is 9.46. The molecule has 2 aromatic rings. The maximum absolute atomic E-state index is 15.0. The van der Waals surface area contributed by atoms with E-state index in [0.29, 0.717) is 5.56 Å². The zero-order valence-corrected chi connectivity index (χ0v) is 20.4. The quantitative estimate of drug-likeness (QED) is 0.447. The van der Waals surface area contributed by atoms with Gasteiger partial charge < -0.3 is 9.80 Å². The fraction of sp³-hybridized carbons (Fsp3) is 0.393. The molecule has 6 nitrogen and oxygen atoms in total. The van der Waals surface area contributed by atoms with Crippen LogP contribution in [-0.4, -0.2) is 52.7 Å². The summed E-state index contributed by atoms with van der Waals surface area (Å²) in [6.07, 6.45) is 3.45. The van der Waals surface area contributed by atoms with Crippen LogP contribution in [0.25, 0.3) is 0 Å². The van der Waals surface area contributed by atoms with Crippen LogP contribution in [0.2, 0.25) is 0 Å². The minimum Gasteiger partial charge on any atom is -0.339 e. The molecule has 1 aliphatic carbocycles. The van der Waals surface area contributed by atoms with E-state index in [9.17, 15) is 31.9 Å². The molecule has 3 amide bonds. The fourth-order valence-corrected chi connectivity index (χ4v) is 5.42. The normalized spacial score (nSPS) is 22.1. The molecule has 0 aromatic heterocycles. The van der Waals surface area contributed by atoms with Crippen LogP contribution in [0.1, 0.15) is 42.4 Å². The Hall–Kier alpha value is -3.87. The van der Waals surface area contributed by atoms with Gasteiger partial charge in [0.25, 0.3) is 5.91 Å². The summed E-state index contributed by atoms with van der Waals surface area (Å²) in [4.78, 5) is 44.6. The molecule has 38 heavy (non-hydrogen) atoms. The first-order valence-electron chi connectivity index (χ1n) is 12.4. The van der Waals surface area contributed by atoms with E-state index in [1.807, 2.05) is 0 Å². The smallest absolute Gasteiger partial charge is 0.339 e. The number of nitrogens with zero attached hydrogens (tertiary/aromatic N) is 3. The molecular formula is C28H25F4N3O3. The van der Waals surface area contributed by atoms with Gasteiger partial charge in [-0.3, -0.25) is 19.3 Å². The SMILES string of the molecule is C#Cc1ccc(N2CC(=O)N(Cc3ccc(C(F)(F)F)cc3)[C@@]3(CCN(C(=O)C4CCC4)C3)C2=O)c(F)c1. The number of hydrogen-bond acceptors (Lipinski definition) is 3. The van der Waals surface area contributed by atoms with Crippen LogP contribution in [0.5, 0.6) is 0 Å². The second-order valence-corrected chi connectivity index (χ2v) is 10.0. The monoisotopic (exact) mass is 527 g/mol. The standard InChI is InChI=1S/C28H25F4N3O3/c1-2-18-8-11-23(22(29)14-18)34-16-24(36)35(15-19-6-9-21(10-7-19)28(30,31)32)27(26(34)38)12-13-33(17-27)25(37)20-4-3-5-20/h1,6-11,14,20H,3-5,12-13,15-17H2/t27-/m1/s1. The number of rotatable bonds is 4. The Morgan fingerprint density at radius 2 is 1.82 bits per heavy atom. The van der Waals surface area contributed by atoms with Crippen LogP contribution in [0.4, 0.5) is 23.2 Å². The molecule has 0 N–H and O–H groups in total. The highest BCUT2D eigenvalue weighted by atomic mass is 19.4. The number of benzene rings is 2. The lowest BCUT2D eigenvalue weighted by atomic mass is 9.84. The molecule has 5 rings (SSSR count). The van der Waals surface area contributed by atoms with Gasteiger partial charge in [0.05, 0.1) is 17.8 Å². The molecule has 2 aliphatic heterocycles. The molecular weight excluding hydrogens is 502 g/mol. The Bertz CT molecular complexity index is 1330. The average Bonchev–Trinajstić information content (AvgIpc) is 3.29. The predicted molar refractivity (Wildman–Crippen MR) is 130 cm³/mol. The molecule has 0 unspecified atom stereocenters. The zero-order valence-electron chi connectivity index (χ0n) is 20.4. The van der Waals surface area contributed by atoms with Crippen molar-refractivity contribution in [2.75, 3.05) is 24.5 Å². The molecule has 1 spiro atoms. The van der Waals surface area contributed by atoms with Gasteiger partial charge >= 0.3 is 6.18 Å². The number of amides is 3. The van der Waals surface area contributed by atoms with E-state index in [2.05, 4.69) is 5.92 Å². The van der Waals surface area contributed by atoms with Crippen molar-refractivity contribution in [1.29, 1.82) is 0 Å². The van der Waals surface area contributed by atoms with Gasteiger partial charge in [0.2, 0.25) is 11.8 Å². The third-order valence-electron chi connectivity index (χ3n) is 7.80. The highest BCUT2D eigenvalue weighted by molar-refractivity contribution is 6.10. The van der Waals surface area contributed by atoms with E-state index in [1.165, 1.54) is 29.2 Å². The minimum absolute atomic E-state index is 0.0614. The van der Waals surface area contributed by atoms with Crippen molar-refractivity contribution in [3.8, 4) is 12.3 Å². The molecule has 0 bridgehead atoms. The van der Waals surface area contributed by atoms with Gasteiger partial charge in [-0.25, -0.2) is 4.39 Å². The number of carbonyl (C=O) groups is 3. The zero-order chi connectivity index (χ0) is 27.2. The Morgan fingerprint density at radius 1 is 1.11 bits per heavy atom. The van der Waals surface area contributed by atoms with Crippen LogP contribution < -0.4 is 4.90 Å². The van der Waals surface area contributed by atoms with Crippen molar-refractivity contribution >= 4 is 23.4 Å². The summed E-state index contributed by atoms with van der Waals surface area (Å²) in [5.41, 5.74) is -1.72. The van der Waals surface area contributed by atoms with Gasteiger partial charge in [0.1, 0.15) is 17.9 Å². The molecule has 2 saturated heterocycles. The van der Waals surface area contributed by atoms with Gasteiger partial charge in [-0.05, 0) is 55.2 Å². The molecule has 3 aliphatic rings. The van der Waals surface area contributed by atoms with Crippen molar-refractivity contribution in [1.82, 2.24) is 9.80 Å². The number of halogens is 4. The third-order valence-corrected chi connectivity index (χ3v) is 7.80. The Morgan fingerprint density at radius 3 is 2.39 bits per heavy atom. The lowest BCUT2D eigenvalue weighted by Gasteiger charge is -2.47. The molecule has 2 heterocycles. The van der Waals surface area contributed by atoms with Crippen LogP contribution in [0.15, 0.2) is 42.5 Å². The summed E-state index contributed by atoms with van der Waals surface area (Å²) in [5.74, 6) is 0.329. The van der Waals surface area contributed by atoms with Crippen molar-refractivity contribution < 1.29 is 31.9 Å². The highest BCUT2D eigenvalue weighted by Gasteiger charge is 2.57. The van der Waals surface area contributed by atoms with Gasteiger partial charge in [0.15, 0.2) is 0 Å².